The largest absolute Gasteiger partial charge is 0.377 e. The van der Waals surface area contributed by atoms with Gasteiger partial charge in [0.05, 0.1) is 19.8 Å². The van der Waals surface area contributed by atoms with Crippen LogP contribution in [0.15, 0.2) is 30.3 Å². The monoisotopic (exact) mass is 342 g/mol. The van der Waals surface area contributed by atoms with Crippen LogP contribution in [0.2, 0.25) is 0 Å². The van der Waals surface area contributed by atoms with Crippen LogP contribution >= 0.6 is 7.60 Å². The fraction of sp³-hybridized carbons (Fsp3) is 0.588. The molecule has 130 valence electrons. The second kappa shape index (κ2) is 11.5. The summed E-state index contributed by atoms with van der Waals surface area (Å²) in [6.45, 7) is 5.21. The lowest BCUT2D eigenvalue weighted by molar-refractivity contribution is -0.117. The van der Waals surface area contributed by atoms with Crippen molar-refractivity contribution in [3.8, 4) is 0 Å². The van der Waals surface area contributed by atoms with Crippen molar-refractivity contribution < 1.29 is 23.1 Å². The van der Waals surface area contributed by atoms with Crippen molar-refractivity contribution >= 4 is 13.4 Å². The fourth-order valence-electron chi connectivity index (χ4n) is 2.11. The van der Waals surface area contributed by atoms with E-state index in [1.807, 2.05) is 30.3 Å². The van der Waals surface area contributed by atoms with Gasteiger partial charge in [-0.3, -0.25) is 9.36 Å². The zero-order valence-corrected chi connectivity index (χ0v) is 14.9. The standard InChI is InChI=1S/C17H27O5P/c1-3-21-23(19,22-4-2)15-17(18)12-8-9-13-20-14-16-10-6-5-7-11-16/h5-7,10-11H,3-4,8-9,12-15H2,1-2H3. The van der Waals surface area contributed by atoms with Gasteiger partial charge in [0, 0.05) is 13.0 Å². The van der Waals surface area contributed by atoms with Crippen LogP contribution in [0.5, 0.6) is 0 Å². The van der Waals surface area contributed by atoms with Crippen LogP contribution in [0.4, 0.5) is 0 Å². The van der Waals surface area contributed by atoms with E-state index in [-0.39, 0.29) is 25.2 Å². The lowest BCUT2D eigenvalue weighted by Crippen LogP contribution is -2.10. The Bertz CT molecular complexity index is 479. The Kier molecular flexibility index (Phi) is 10.0. The Morgan fingerprint density at radius 3 is 2.30 bits per heavy atom. The number of hydrogen-bond donors (Lipinski definition) is 0. The highest BCUT2D eigenvalue weighted by atomic mass is 31.2. The normalized spacial score (nSPS) is 11.6. The summed E-state index contributed by atoms with van der Waals surface area (Å²) in [4.78, 5) is 11.9. The molecule has 0 bridgehead atoms. The quantitative estimate of drug-likeness (QED) is 0.397. The van der Waals surface area contributed by atoms with Gasteiger partial charge in [-0.2, -0.15) is 0 Å². The van der Waals surface area contributed by atoms with Gasteiger partial charge in [0.15, 0.2) is 0 Å². The Morgan fingerprint density at radius 2 is 1.70 bits per heavy atom. The molecule has 0 fully saturated rings. The first-order valence-electron chi connectivity index (χ1n) is 8.11. The summed E-state index contributed by atoms with van der Waals surface area (Å²) >= 11 is 0. The first-order valence-corrected chi connectivity index (χ1v) is 9.84. The maximum absolute atomic E-state index is 12.2. The minimum atomic E-state index is -3.26. The molecule has 0 spiro atoms. The second-order valence-electron chi connectivity index (χ2n) is 5.14. The predicted octanol–water partition coefficient (Wildman–Crippen LogP) is 4.21. The van der Waals surface area contributed by atoms with Gasteiger partial charge in [-0.15, -0.1) is 0 Å². The molecule has 5 nitrogen and oxygen atoms in total. The molecule has 0 aliphatic carbocycles. The Morgan fingerprint density at radius 1 is 1.04 bits per heavy atom. The summed E-state index contributed by atoms with van der Waals surface area (Å²) in [7, 11) is -3.26. The predicted molar refractivity (Wildman–Crippen MR) is 90.7 cm³/mol. The molecule has 23 heavy (non-hydrogen) atoms. The van der Waals surface area contributed by atoms with E-state index in [2.05, 4.69) is 0 Å². The van der Waals surface area contributed by atoms with Crippen molar-refractivity contribution in [2.45, 2.75) is 39.7 Å². The van der Waals surface area contributed by atoms with Crippen LogP contribution in [0.25, 0.3) is 0 Å². The van der Waals surface area contributed by atoms with Crippen LogP contribution in [0.3, 0.4) is 0 Å². The number of hydrogen-bond acceptors (Lipinski definition) is 5. The highest BCUT2D eigenvalue weighted by molar-refractivity contribution is 7.54. The van der Waals surface area contributed by atoms with E-state index >= 15 is 0 Å². The zero-order valence-electron chi connectivity index (χ0n) is 14.0. The SMILES string of the molecule is CCOP(=O)(CC(=O)CCCCOCc1ccccc1)OCC. The fourth-order valence-corrected chi connectivity index (χ4v) is 3.74. The van der Waals surface area contributed by atoms with E-state index in [1.54, 1.807) is 13.8 Å². The average molecular weight is 342 g/mol. The third-order valence-electron chi connectivity index (χ3n) is 3.13. The molecule has 0 atom stereocenters. The molecule has 0 amide bonds. The minimum absolute atomic E-state index is 0.0849. The Balaban J connectivity index is 2.14. The summed E-state index contributed by atoms with van der Waals surface area (Å²) in [5.74, 6) is -0.0849. The van der Waals surface area contributed by atoms with Crippen molar-refractivity contribution in [1.82, 2.24) is 0 Å². The summed E-state index contributed by atoms with van der Waals surface area (Å²) in [6.07, 6.45) is 1.75. The molecule has 0 heterocycles. The van der Waals surface area contributed by atoms with Crippen LogP contribution in [-0.2, 0) is 29.8 Å². The van der Waals surface area contributed by atoms with E-state index in [0.29, 0.717) is 26.1 Å². The van der Waals surface area contributed by atoms with Crippen molar-refractivity contribution in [3.05, 3.63) is 35.9 Å². The number of carbonyl (C=O) groups is 1. The van der Waals surface area contributed by atoms with E-state index < -0.39 is 7.60 Å². The van der Waals surface area contributed by atoms with Crippen molar-refractivity contribution in [3.63, 3.8) is 0 Å². The van der Waals surface area contributed by atoms with Gasteiger partial charge in [0.1, 0.15) is 11.9 Å². The highest BCUT2D eigenvalue weighted by Gasteiger charge is 2.26. The van der Waals surface area contributed by atoms with E-state index in [9.17, 15) is 9.36 Å². The molecule has 0 N–H and O–H groups in total. The molecule has 0 unspecified atom stereocenters. The number of ketones is 1. The summed E-state index contributed by atoms with van der Waals surface area (Å²) in [6, 6.07) is 9.96. The van der Waals surface area contributed by atoms with E-state index in [0.717, 1.165) is 12.0 Å². The molecular weight excluding hydrogens is 315 g/mol. The molecule has 0 radical (unpaired) electrons. The van der Waals surface area contributed by atoms with Gasteiger partial charge in [0.25, 0.3) is 0 Å². The lowest BCUT2D eigenvalue weighted by Gasteiger charge is -2.16. The number of Topliss-reactive ketones (excluding diaryl/α,β-unsaturated/α-hetero) is 1. The van der Waals surface area contributed by atoms with Gasteiger partial charge in [-0.25, -0.2) is 0 Å². The summed E-state index contributed by atoms with van der Waals surface area (Å²) < 4.78 is 28.0. The van der Waals surface area contributed by atoms with Crippen LogP contribution in [0, 0.1) is 0 Å². The highest BCUT2D eigenvalue weighted by Crippen LogP contribution is 2.48. The van der Waals surface area contributed by atoms with Gasteiger partial charge in [0.2, 0.25) is 0 Å². The van der Waals surface area contributed by atoms with Gasteiger partial charge < -0.3 is 13.8 Å². The first kappa shape index (κ1) is 20.0. The number of carbonyl (C=O) groups excluding carboxylic acids is 1. The average Bonchev–Trinajstić information content (AvgIpc) is 2.52. The molecule has 0 aliphatic rings. The lowest BCUT2D eigenvalue weighted by atomic mass is 10.2. The van der Waals surface area contributed by atoms with Crippen LogP contribution in [-0.4, -0.2) is 31.8 Å². The first-order chi connectivity index (χ1) is 11.1. The smallest absolute Gasteiger partial charge is 0.338 e. The maximum Gasteiger partial charge on any atom is 0.338 e. The Labute approximate surface area is 138 Å². The van der Waals surface area contributed by atoms with Crippen molar-refractivity contribution in [2.24, 2.45) is 0 Å². The molecule has 1 aromatic rings. The van der Waals surface area contributed by atoms with Gasteiger partial charge in [-0.05, 0) is 32.3 Å². The van der Waals surface area contributed by atoms with Crippen LogP contribution in [0.1, 0.15) is 38.7 Å². The number of ether oxygens (including phenoxy) is 1. The molecule has 0 saturated carbocycles. The van der Waals surface area contributed by atoms with Crippen LogP contribution < -0.4 is 0 Å². The van der Waals surface area contributed by atoms with E-state index in [1.165, 1.54) is 0 Å². The van der Waals surface area contributed by atoms with Crippen molar-refractivity contribution in [2.75, 3.05) is 26.0 Å². The molecule has 1 rings (SSSR count). The number of unbranched alkanes of at least 4 members (excludes halogenated alkanes) is 1. The third kappa shape index (κ3) is 9.01. The van der Waals surface area contributed by atoms with Crippen molar-refractivity contribution in [1.29, 1.82) is 0 Å². The molecular formula is C17H27O5P. The molecule has 6 heteroatoms. The van der Waals surface area contributed by atoms with E-state index in [4.69, 9.17) is 13.8 Å². The maximum atomic E-state index is 12.2. The molecule has 1 aromatic carbocycles. The topological polar surface area (TPSA) is 61.8 Å². The molecule has 0 saturated heterocycles. The summed E-state index contributed by atoms with van der Waals surface area (Å²) in [5, 5.41) is 0. The van der Waals surface area contributed by atoms with Gasteiger partial charge in [-0.1, -0.05) is 30.3 Å². The zero-order chi connectivity index (χ0) is 17.0. The summed E-state index contributed by atoms with van der Waals surface area (Å²) in [5.41, 5.74) is 1.14. The molecule has 0 aromatic heterocycles. The third-order valence-corrected chi connectivity index (χ3v) is 5.17. The second-order valence-corrected chi connectivity index (χ2v) is 7.19. The van der Waals surface area contributed by atoms with Gasteiger partial charge >= 0.3 is 7.60 Å². The minimum Gasteiger partial charge on any atom is -0.377 e. The Hall–Kier alpha value is -1.00. The molecule has 0 aliphatic heterocycles. The number of rotatable bonds is 13. The number of benzene rings is 1.